The van der Waals surface area contributed by atoms with Crippen LogP contribution < -0.4 is 9.47 Å². The summed E-state index contributed by atoms with van der Waals surface area (Å²) >= 11 is 0. The van der Waals surface area contributed by atoms with Crippen molar-refractivity contribution < 1.29 is 19.3 Å². The molecule has 0 unspecified atom stereocenters. The van der Waals surface area contributed by atoms with Crippen LogP contribution in [0.5, 0.6) is 11.5 Å². The summed E-state index contributed by atoms with van der Waals surface area (Å²) in [6, 6.07) is 6.04. The fourth-order valence-corrected chi connectivity index (χ4v) is 4.59. The summed E-state index contributed by atoms with van der Waals surface area (Å²) in [5, 5.41) is 10.6. The molecule has 0 bridgehead atoms. The molecule has 2 heterocycles. The predicted octanol–water partition coefficient (Wildman–Crippen LogP) is 2.46. The molecule has 2 fully saturated rings. The Kier molecular flexibility index (Phi) is 11.1. The number of benzene rings is 1. The lowest BCUT2D eigenvalue weighted by atomic mass is 10.1. The Balaban J connectivity index is 1.51. The Morgan fingerprint density at radius 1 is 0.875 bits per heavy atom. The van der Waals surface area contributed by atoms with Gasteiger partial charge in [0, 0.05) is 64.6 Å². The van der Waals surface area contributed by atoms with Crippen LogP contribution in [0.15, 0.2) is 18.2 Å². The van der Waals surface area contributed by atoms with E-state index >= 15 is 0 Å². The zero-order valence-electron chi connectivity index (χ0n) is 20.1. The lowest BCUT2D eigenvalue weighted by Gasteiger charge is -2.34. The van der Waals surface area contributed by atoms with Crippen molar-refractivity contribution in [2.45, 2.75) is 44.8 Å². The summed E-state index contributed by atoms with van der Waals surface area (Å²) in [7, 11) is 3.43. The molecule has 1 atom stereocenters. The first-order valence-electron chi connectivity index (χ1n) is 12.3. The van der Waals surface area contributed by atoms with E-state index in [-0.39, 0.29) is 0 Å². The van der Waals surface area contributed by atoms with Crippen LogP contribution in [-0.4, -0.2) is 106 Å². The number of ether oxygens (including phenoxy) is 3. The van der Waals surface area contributed by atoms with Crippen molar-refractivity contribution in [3.63, 3.8) is 0 Å². The van der Waals surface area contributed by atoms with Gasteiger partial charge in [0.2, 0.25) is 0 Å². The molecule has 1 aromatic rings. The number of aliphatic hydroxyl groups excluding tert-OH is 1. The number of nitrogens with zero attached hydrogens (tertiary/aromatic N) is 3. The zero-order valence-corrected chi connectivity index (χ0v) is 20.1. The molecule has 0 aliphatic carbocycles. The SMILES string of the molecule is COCCN1CCN(Cc2ccc(OC)cc2OC[C@H](O)CN2CCCCCCC2)CC1. The van der Waals surface area contributed by atoms with Gasteiger partial charge in [-0.05, 0) is 32.0 Å². The molecule has 2 saturated heterocycles. The van der Waals surface area contributed by atoms with Crippen LogP contribution in [0.1, 0.15) is 37.7 Å². The van der Waals surface area contributed by atoms with Crippen LogP contribution in [0.2, 0.25) is 0 Å². The van der Waals surface area contributed by atoms with Gasteiger partial charge in [-0.15, -0.1) is 0 Å². The van der Waals surface area contributed by atoms with Gasteiger partial charge in [-0.1, -0.05) is 25.3 Å². The Labute approximate surface area is 194 Å². The average Bonchev–Trinajstić information content (AvgIpc) is 2.79. The first-order valence-corrected chi connectivity index (χ1v) is 12.3. The molecule has 0 amide bonds. The van der Waals surface area contributed by atoms with E-state index in [9.17, 15) is 5.11 Å². The van der Waals surface area contributed by atoms with Crippen LogP contribution in [0.4, 0.5) is 0 Å². The molecule has 0 radical (unpaired) electrons. The van der Waals surface area contributed by atoms with Crippen molar-refractivity contribution in [2.75, 3.05) is 79.8 Å². The molecule has 0 spiro atoms. The van der Waals surface area contributed by atoms with Crippen LogP contribution in [0.25, 0.3) is 0 Å². The van der Waals surface area contributed by atoms with Crippen molar-refractivity contribution in [3.8, 4) is 11.5 Å². The van der Waals surface area contributed by atoms with Gasteiger partial charge in [0.1, 0.15) is 24.2 Å². The number of aliphatic hydroxyl groups is 1. The maximum Gasteiger partial charge on any atom is 0.127 e. The minimum absolute atomic E-state index is 0.307. The topological polar surface area (TPSA) is 57.6 Å². The van der Waals surface area contributed by atoms with Crippen LogP contribution in [-0.2, 0) is 11.3 Å². The molecule has 1 N–H and O–H groups in total. The summed E-state index contributed by atoms with van der Waals surface area (Å²) < 4.78 is 16.8. The van der Waals surface area contributed by atoms with Gasteiger partial charge in [-0.2, -0.15) is 0 Å². The van der Waals surface area contributed by atoms with Crippen LogP contribution in [0, 0.1) is 0 Å². The van der Waals surface area contributed by atoms with Crippen molar-refractivity contribution in [1.82, 2.24) is 14.7 Å². The Morgan fingerprint density at radius 2 is 1.56 bits per heavy atom. The van der Waals surface area contributed by atoms with Gasteiger partial charge >= 0.3 is 0 Å². The van der Waals surface area contributed by atoms with Gasteiger partial charge in [0.15, 0.2) is 0 Å². The van der Waals surface area contributed by atoms with Crippen molar-refractivity contribution in [1.29, 1.82) is 0 Å². The highest BCUT2D eigenvalue weighted by atomic mass is 16.5. The largest absolute Gasteiger partial charge is 0.497 e. The quantitative estimate of drug-likeness (QED) is 0.557. The first kappa shape index (κ1) is 25.2. The molecule has 0 aromatic heterocycles. The van der Waals surface area contributed by atoms with E-state index in [0.717, 1.165) is 76.0 Å². The highest BCUT2D eigenvalue weighted by molar-refractivity contribution is 5.40. The van der Waals surface area contributed by atoms with E-state index in [2.05, 4.69) is 20.8 Å². The fraction of sp³-hybridized carbons (Fsp3) is 0.760. The van der Waals surface area contributed by atoms with Gasteiger partial charge < -0.3 is 24.2 Å². The minimum Gasteiger partial charge on any atom is -0.497 e. The van der Waals surface area contributed by atoms with Gasteiger partial charge in [-0.3, -0.25) is 9.80 Å². The van der Waals surface area contributed by atoms with Crippen LogP contribution in [0.3, 0.4) is 0 Å². The summed E-state index contributed by atoms with van der Waals surface area (Å²) in [5.74, 6) is 1.60. The molecule has 3 rings (SSSR count). The monoisotopic (exact) mass is 449 g/mol. The normalized spacial score (nSPS) is 20.5. The summed E-state index contributed by atoms with van der Waals surface area (Å²) in [6.45, 7) is 9.97. The van der Waals surface area contributed by atoms with Gasteiger partial charge in [0.25, 0.3) is 0 Å². The molecular weight excluding hydrogens is 406 g/mol. The second-order valence-electron chi connectivity index (χ2n) is 9.12. The minimum atomic E-state index is -0.488. The summed E-state index contributed by atoms with van der Waals surface area (Å²) in [5.41, 5.74) is 1.15. The standard InChI is InChI=1S/C25H43N3O4/c1-30-17-16-26-12-14-28(15-13-26)19-22-8-9-24(31-2)18-25(22)32-21-23(29)20-27-10-6-4-3-5-7-11-27/h8-9,18,23,29H,3-7,10-17,19-21H2,1-2H3/t23-/m1/s1. The van der Waals surface area contributed by atoms with Crippen LogP contribution >= 0.6 is 0 Å². The van der Waals surface area contributed by atoms with Crippen molar-refractivity contribution in [3.05, 3.63) is 23.8 Å². The molecule has 182 valence electrons. The van der Waals surface area contributed by atoms with E-state index in [0.29, 0.717) is 13.2 Å². The van der Waals surface area contributed by atoms with Crippen molar-refractivity contribution in [2.24, 2.45) is 0 Å². The van der Waals surface area contributed by atoms with E-state index in [1.54, 1.807) is 14.2 Å². The highest BCUT2D eigenvalue weighted by Crippen LogP contribution is 2.27. The average molecular weight is 450 g/mol. The second-order valence-corrected chi connectivity index (χ2v) is 9.12. The third-order valence-electron chi connectivity index (χ3n) is 6.59. The molecule has 7 nitrogen and oxygen atoms in total. The number of piperazine rings is 1. The summed E-state index contributed by atoms with van der Waals surface area (Å²) in [4.78, 5) is 7.31. The number of likely N-dealkylation sites (tertiary alicyclic amines) is 1. The number of rotatable bonds is 11. The lowest BCUT2D eigenvalue weighted by molar-refractivity contribution is 0.0640. The first-order chi connectivity index (χ1) is 15.7. The zero-order chi connectivity index (χ0) is 22.6. The molecule has 7 heteroatoms. The Hall–Kier alpha value is -1.38. The Bertz CT molecular complexity index is 644. The molecule has 32 heavy (non-hydrogen) atoms. The van der Waals surface area contributed by atoms with E-state index in [4.69, 9.17) is 14.2 Å². The predicted molar refractivity (Wildman–Crippen MR) is 128 cm³/mol. The molecule has 2 aliphatic rings. The third-order valence-corrected chi connectivity index (χ3v) is 6.59. The maximum atomic E-state index is 10.6. The second kappa shape index (κ2) is 14.0. The van der Waals surface area contributed by atoms with Gasteiger partial charge in [0.05, 0.1) is 13.7 Å². The summed E-state index contributed by atoms with van der Waals surface area (Å²) in [6.07, 6.45) is 5.92. The lowest BCUT2D eigenvalue weighted by Crippen LogP contribution is -2.46. The van der Waals surface area contributed by atoms with E-state index < -0.39 is 6.10 Å². The number of methoxy groups -OCH3 is 2. The maximum absolute atomic E-state index is 10.6. The Morgan fingerprint density at radius 3 is 2.25 bits per heavy atom. The molecule has 2 aliphatic heterocycles. The van der Waals surface area contributed by atoms with Gasteiger partial charge in [-0.25, -0.2) is 0 Å². The smallest absolute Gasteiger partial charge is 0.127 e. The van der Waals surface area contributed by atoms with E-state index in [1.165, 1.54) is 32.1 Å². The fourth-order valence-electron chi connectivity index (χ4n) is 4.59. The molecular formula is C25H43N3O4. The third kappa shape index (κ3) is 8.52. The van der Waals surface area contributed by atoms with E-state index in [1.807, 2.05) is 12.1 Å². The number of hydrogen-bond acceptors (Lipinski definition) is 7. The molecule has 0 saturated carbocycles. The number of hydrogen-bond donors (Lipinski definition) is 1. The highest BCUT2D eigenvalue weighted by Gasteiger charge is 2.19. The number of β-amino-alcohol motifs (C(OH)–C–C–N with tert-alkyl or cyclic N) is 1. The van der Waals surface area contributed by atoms with Crippen molar-refractivity contribution >= 4 is 0 Å². The molecule has 1 aromatic carbocycles.